The molecule has 1 aromatic heterocycles. The van der Waals surface area contributed by atoms with E-state index in [1.54, 1.807) is 12.1 Å². The van der Waals surface area contributed by atoms with Gasteiger partial charge in [-0.05, 0) is 62.1 Å². The molecule has 1 aliphatic heterocycles. The number of amides is 1. The summed E-state index contributed by atoms with van der Waals surface area (Å²) in [6.45, 7) is 6.90. The predicted octanol–water partition coefficient (Wildman–Crippen LogP) is 3.90. The van der Waals surface area contributed by atoms with Gasteiger partial charge in [0.2, 0.25) is 10.0 Å². The Bertz CT molecular complexity index is 1290. The quantitative estimate of drug-likeness (QED) is 0.474. The number of hydrogen-bond acceptors (Lipinski definition) is 5. The highest BCUT2D eigenvalue weighted by Crippen LogP contribution is 2.24. The molecule has 33 heavy (non-hydrogen) atoms. The van der Waals surface area contributed by atoms with Crippen LogP contribution in [0.25, 0.3) is 10.2 Å². The Hall–Kier alpha value is -2.33. The summed E-state index contributed by atoms with van der Waals surface area (Å²) in [5.74, 6) is 0.144. The van der Waals surface area contributed by atoms with Gasteiger partial charge in [-0.2, -0.15) is 9.30 Å². The minimum absolute atomic E-state index is 0.210. The highest BCUT2D eigenvalue weighted by atomic mass is 32.2. The Morgan fingerprint density at radius 3 is 2.52 bits per heavy atom. The van der Waals surface area contributed by atoms with Gasteiger partial charge in [0.25, 0.3) is 5.91 Å². The number of piperidine rings is 1. The molecular weight excluding hydrogens is 458 g/mol. The van der Waals surface area contributed by atoms with Crippen molar-refractivity contribution in [1.82, 2.24) is 8.87 Å². The topological polar surface area (TPSA) is 81.0 Å². The van der Waals surface area contributed by atoms with Crippen LogP contribution in [0.1, 0.15) is 37.0 Å². The van der Waals surface area contributed by atoms with E-state index < -0.39 is 15.9 Å². The first-order valence-corrected chi connectivity index (χ1v) is 13.5. The summed E-state index contributed by atoms with van der Waals surface area (Å²) in [4.78, 5) is 18.1. The summed E-state index contributed by atoms with van der Waals surface area (Å²) in [6, 6.07) is 14.0. The molecule has 0 atom stereocenters. The number of ether oxygens (including phenoxy) is 1. The second kappa shape index (κ2) is 10.3. The Morgan fingerprint density at radius 2 is 1.82 bits per heavy atom. The highest BCUT2D eigenvalue weighted by Gasteiger charge is 2.28. The molecule has 4 rings (SSSR count). The molecule has 3 aromatic rings. The van der Waals surface area contributed by atoms with E-state index in [0.717, 1.165) is 23.1 Å². The number of nitrogens with zero attached hydrogens (tertiary/aromatic N) is 3. The van der Waals surface area contributed by atoms with Crippen molar-refractivity contribution in [1.29, 1.82) is 0 Å². The molecule has 1 fully saturated rings. The number of aromatic nitrogens is 1. The van der Waals surface area contributed by atoms with Crippen LogP contribution in [0.3, 0.4) is 0 Å². The lowest BCUT2D eigenvalue weighted by atomic mass is 10.0. The van der Waals surface area contributed by atoms with Crippen molar-refractivity contribution in [2.75, 3.05) is 26.3 Å². The summed E-state index contributed by atoms with van der Waals surface area (Å²) in [6.07, 6.45) is 1.74. The molecule has 1 amide bonds. The standard InChI is InChI=1S/C24H29N3O4S2/c1-3-31-17-16-27-21-6-4-5-7-22(21)32-24(27)25-23(28)19-8-10-20(11-9-19)33(29,30)26-14-12-18(2)13-15-26/h4-11,18H,3,12-17H2,1-2H3. The first-order chi connectivity index (χ1) is 15.9. The average Bonchev–Trinajstić information content (AvgIpc) is 3.16. The largest absolute Gasteiger partial charge is 0.380 e. The minimum atomic E-state index is -3.55. The third-order valence-corrected chi connectivity index (χ3v) is 8.90. The van der Waals surface area contributed by atoms with Crippen LogP contribution >= 0.6 is 11.3 Å². The van der Waals surface area contributed by atoms with E-state index in [9.17, 15) is 13.2 Å². The highest BCUT2D eigenvalue weighted by molar-refractivity contribution is 7.89. The molecule has 0 unspecified atom stereocenters. The number of para-hydroxylation sites is 1. The van der Waals surface area contributed by atoms with E-state index in [1.165, 1.54) is 27.8 Å². The van der Waals surface area contributed by atoms with Crippen molar-refractivity contribution in [3.8, 4) is 0 Å². The molecule has 1 saturated heterocycles. The second-order valence-electron chi connectivity index (χ2n) is 8.23. The molecular formula is C24H29N3O4S2. The lowest BCUT2D eigenvalue weighted by molar-refractivity contribution is 0.0996. The molecule has 0 radical (unpaired) electrons. The van der Waals surface area contributed by atoms with Crippen molar-refractivity contribution in [3.63, 3.8) is 0 Å². The van der Waals surface area contributed by atoms with Gasteiger partial charge in [0.1, 0.15) is 0 Å². The number of thiazole rings is 1. The minimum Gasteiger partial charge on any atom is -0.380 e. The Kier molecular flexibility index (Phi) is 7.43. The van der Waals surface area contributed by atoms with Crippen LogP contribution in [-0.2, 0) is 21.3 Å². The fraction of sp³-hybridized carbons (Fsp3) is 0.417. The molecule has 0 aliphatic carbocycles. The van der Waals surface area contributed by atoms with Crippen LogP contribution in [-0.4, -0.2) is 49.5 Å². The normalized spacial score (nSPS) is 16.5. The van der Waals surface area contributed by atoms with Gasteiger partial charge in [0.05, 0.1) is 21.7 Å². The number of benzene rings is 2. The van der Waals surface area contributed by atoms with Crippen LogP contribution in [0.4, 0.5) is 0 Å². The molecule has 0 N–H and O–H groups in total. The van der Waals surface area contributed by atoms with E-state index in [0.29, 0.717) is 49.1 Å². The zero-order valence-electron chi connectivity index (χ0n) is 18.9. The zero-order valence-corrected chi connectivity index (χ0v) is 20.6. The molecule has 0 spiro atoms. The third-order valence-electron chi connectivity index (χ3n) is 5.93. The van der Waals surface area contributed by atoms with Crippen molar-refractivity contribution in [3.05, 3.63) is 58.9 Å². The van der Waals surface area contributed by atoms with Gasteiger partial charge in [0.15, 0.2) is 4.80 Å². The Balaban J connectivity index is 1.59. The van der Waals surface area contributed by atoms with E-state index in [-0.39, 0.29) is 4.90 Å². The molecule has 0 bridgehead atoms. The van der Waals surface area contributed by atoms with E-state index in [4.69, 9.17) is 4.74 Å². The van der Waals surface area contributed by atoms with Crippen LogP contribution < -0.4 is 4.80 Å². The van der Waals surface area contributed by atoms with Gasteiger partial charge >= 0.3 is 0 Å². The number of sulfonamides is 1. The van der Waals surface area contributed by atoms with E-state index in [1.807, 2.05) is 35.8 Å². The monoisotopic (exact) mass is 487 g/mol. The maximum absolute atomic E-state index is 12.9. The molecule has 176 valence electrons. The molecule has 7 nitrogen and oxygen atoms in total. The van der Waals surface area contributed by atoms with Gasteiger partial charge in [-0.15, -0.1) is 0 Å². The summed E-state index contributed by atoms with van der Waals surface area (Å²) in [5.41, 5.74) is 1.36. The average molecular weight is 488 g/mol. The lowest BCUT2D eigenvalue weighted by Gasteiger charge is -2.29. The maximum atomic E-state index is 12.9. The molecule has 0 saturated carbocycles. The number of carbonyl (C=O) groups excluding carboxylic acids is 1. The van der Waals surface area contributed by atoms with Gasteiger partial charge in [0, 0.05) is 31.8 Å². The molecule has 9 heteroatoms. The number of carbonyl (C=O) groups is 1. The molecule has 2 heterocycles. The number of rotatable bonds is 7. The number of hydrogen-bond donors (Lipinski definition) is 0. The van der Waals surface area contributed by atoms with Crippen LogP contribution in [0.15, 0.2) is 58.4 Å². The SMILES string of the molecule is CCOCCn1c(=NC(=O)c2ccc(S(=O)(=O)N3CCC(C)CC3)cc2)sc2ccccc21. The van der Waals surface area contributed by atoms with Gasteiger partial charge in [-0.25, -0.2) is 8.42 Å². The fourth-order valence-corrected chi connectivity index (χ4v) is 6.44. The second-order valence-corrected chi connectivity index (χ2v) is 11.2. The Labute approximate surface area is 198 Å². The predicted molar refractivity (Wildman–Crippen MR) is 130 cm³/mol. The zero-order chi connectivity index (χ0) is 23.4. The smallest absolute Gasteiger partial charge is 0.279 e. The van der Waals surface area contributed by atoms with Gasteiger partial charge < -0.3 is 9.30 Å². The summed E-state index contributed by atoms with van der Waals surface area (Å²) in [7, 11) is -3.55. The summed E-state index contributed by atoms with van der Waals surface area (Å²) >= 11 is 1.45. The lowest BCUT2D eigenvalue weighted by Crippen LogP contribution is -2.37. The molecule has 1 aliphatic rings. The van der Waals surface area contributed by atoms with Crippen LogP contribution in [0.2, 0.25) is 0 Å². The van der Waals surface area contributed by atoms with Crippen LogP contribution in [0, 0.1) is 5.92 Å². The van der Waals surface area contributed by atoms with Gasteiger partial charge in [-0.3, -0.25) is 4.79 Å². The van der Waals surface area contributed by atoms with Crippen molar-refractivity contribution in [2.45, 2.75) is 38.1 Å². The first-order valence-electron chi connectivity index (χ1n) is 11.3. The fourth-order valence-electron chi connectivity index (χ4n) is 3.92. The van der Waals surface area contributed by atoms with Crippen molar-refractivity contribution < 1.29 is 17.9 Å². The van der Waals surface area contributed by atoms with Crippen molar-refractivity contribution >= 4 is 37.5 Å². The van der Waals surface area contributed by atoms with E-state index >= 15 is 0 Å². The molecule has 2 aromatic carbocycles. The number of fused-ring (bicyclic) bond motifs is 1. The maximum Gasteiger partial charge on any atom is 0.279 e. The van der Waals surface area contributed by atoms with E-state index in [2.05, 4.69) is 11.9 Å². The summed E-state index contributed by atoms with van der Waals surface area (Å²) in [5, 5.41) is 0. The first kappa shape index (κ1) is 23.8. The summed E-state index contributed by atoms with van der Waals surface area (Å²) < 4.78 is 35.9. The third kappa shape index (κ3) is 5.27. The Morgan fingerprint density at radius 1 is 1.12 bits per heavy atom. The van der Waals surface area contributed by atoms with Crippen LogP contribution in [0.5, 0.6) is 0 Å². The van der Waals surface area contributed by atoms with Crippen molar-refractivity contribution in [2.24, 2.45) is 10.9 Å². The van der Waals surface area contributed by atoms with Gasteiger partial charge in [-0.1, -0.05) is 30.4 Å².